The molecule has 3 unspecified atom stereocenters. The van der Waals surface area contributed by atoms with E-state index in [1.165, 1.54) is 12.1 Å². The zero-order valence-corrected chi connectivity index (χ0v) is 12.9. The number of carbonyl (C=O) groups is 1. The van der Waals surface area contributed by atoms with E-state index in [4.69, 9.17) is 11.6 Å². The van der Waals surface area contributed by atoms with Crippen molar-refractivity contribution in [1.82, 2.24) is 5.32 Å². The van der Waals surface area contributed by atoms with Gasteiger partial charge in [-0.2, -0.15) is 0 Å². The van der Waals surface area contributed by atoms with Crippen molar-refractivity contribution in [3.8, 4) is 0 Å². The van der Waals surface area contributed by atoms with Crippen molar-refractivity contribution in [2.45, 2.75) is 38.6 Å². The number of benzene rings is 1. The summed E-state index contributed by atoms with van der Waals surface area (Å²) in [6, 6.07) is 4.33. The Labute approximate surface area is 129 Å². The van der Waals surface area contributed by atoms with Gasteiger partial charge in [0, 0.05) is 11.1 Å². The molecule has 0 spiro atoms. The van der Waals surface area contributed by atoms with Crippen molar-refractivity contribution in [3.63, 3.8) is 0 Å². The lowest BCUT2D eigenvalue weighted by molar-refractivity contribution is -0.144. The van der Waals surface area contributed by atoms with Crippen LogP contribution in [0.5, 0.6) is 0 Å². The van der Waals surface area contributed by atoms with Crippen LogP contribution in [0.4, 0.5) is 4.39 Å². The first kappa shape index (κ1) is 16.2. The summed E-state index contributed by atoms with van der Waals surface area (Å²) in [5.74, 6) is -1.16. The van der Waals surface area contributed by atoms with Crippen molar-refractivity contribution in [1.29, 1.82) is 0 Å². The molecular formula is C16H21ClFNO2. The molecule has 3 nitrogen and oxygen atoms in total. The van der Waals surface area contributed by atoms with Crippen LogP contribution < -0.4 is 5.32 Å². The topological polar surface area (TPSA) is 49.3 Å². The second-order valence-electron chi connectivity index (χ2n) is 5.79. The highest BCUT2D eigenvalue weighted by Gasteiger charge is 2.30. The molecule has 2 rings (SSSR count). The number of rotatable bonds is 5. The number of hydrogen-bond donors (Lipinski definition) is 2. The number of hydrogen-bond acceptors (Lipinski definition) is 2. The van der Waals surface area contributed by atoms with Crippen LogP contribution in [-0.4, -0.2) is 17.6 Å². The molecule has 1 fully saturated rings. The normalized spacial score (nSPS) is 23.8. The second-order valence-corrected chi connectivity index (χ2v) is 6.19. The summed E-state index contributed by atoms with van der Waals surface area (Å²) in [6.07, 6.45) is 3.77. The summed E-state index contributed by atoms with van der Waals surface area (Å²) in [7, 11) is 0. The quantitative estimate of drug-likeness (QED) is 0.863. The van der Waals surface area contributed by atoms with Gasteiger partial charge < -0.3 is 10.4 Å². The number of carboxylic acids is 1. The Morgan fingerprint density at radius 1 is 1.48 bits per heavy atom. The molecular weight excluding hydrogens is 293 g/mol. The summed E-state index contributed by atoms with van der Waals surface area (Å²) >= 11 is 6.05. The van der Waals surface area contributed by atoms with Gasteiger partial charge in [0.25, 0.3) is 0 Å². The summed E-state index contributed by atoms with van der Waals surface area (Å²) in [5.41, 5.74) is 0.834. The fourth-order valence-corrected chi connectivity index (χ4v) is 3.40. The van der Waals surface area contributed by atoms with Crippen LogP contribution in [0, 0.1) is 17.7 Å². The van der Waals surface area contributed by atoms with E-state index in [9.17, 15) is 14.3 Å². The third-order valence-electron chi connectivity index (χ3n) is 4.34. The maximum atomic E-state index is 13.1. The molecule has 0 radical (unpaired) electrons. The van der Waals surface area contributed by atoms with Crippen molar-refractivity contribution < 1.29 is 14.3 Å². The maximum Gasteiger partial charge on any atom is 0.306 e. The van der Waals surface area contributed by atoms with Crippen molar-refractivity contribution in [3.05, 3.63) is 34.6 Å². The molecule has 0 heterocycles. The summed E-state index contributed by atoms with van der Waals surface area (Å²) < 4.78 is 13.1. The standard InChI is InChI=1S/C16H21ClFNO2/c1-10(13-7-6-12(18)8-15(13)17)19-9-11-4-2-3-5-14(11)16(20)21/h6-8,10-11,14,19H,2-5,9H2,1H3,(H,20,21). The minimum absolute atomic E-state index is 0.0329. The monoisotopic (exact) mass is 313 g/mol. The third kappa shape index (κ3) is 4.17. The fraction of sp³-hybridized carbons (Fsp3) is 0.562. The highest BCUT2D eigenvalue weighted by atomic mass is 35.5. The second kappa shape index (κ2) is 7.23. The molecule has 0 aromatic heterocycles. The van der Waals surface area contributed by atoms with Crippen LogP contribution in [-0.2, 0) is 4.79 Å². The maximum absolute atomic E-state index is 13.1. The van der Waals surface area contributed by atoms with Crippen LogP contribution in [0.25, 0.3) is 0 Å². The van der Waals surface area contributed by atoms with Crippen molar-refractivity contribution in [2.24, 2.45) is 11.8 Å². The Hall–Kier alpha value is -1.13. The summed E-state index contributed by atoms with van der Waals surface area (Å²) in [6.45, 7) is 2.60. The summed E-state index contributed by atoms with van der Waals surface area (Å²) in [5, 5.41) is 13.0. The van der Waals surface area contributed by atoms with Gasteiger partial charge in [-0.05, 0) is 49.9 Å². The van der Waals surface area contributed by atoms with E-state index >= 15 is 0 Å². The largest absolute Gasteiger partial charge is 0.481 e. The van der Waals surface area contributed by atoms with Gasteiger partial charge in [0.05, 0.1) is 5.92 Å². The lowest BCUT2D eigenvalue weighted by Gasteiger charge is -2.30. The average molecular weight is 314 g/mol. The van der Waals surface area contributed by atoms with E-state index in [0.29, 0.717) is 11.6 Å². The Morgan fingerprint density at radius 2 is 2.19 bits per heavy atom. The number of nitrogens with one attached hydrogen (secondary N) is 1. The third-order valence-corrected chi connectivity index (χ3v) is 4.67. The zero-order valence-electron chi connectivity index (χ0n) is 12.1. The van der Waals surface area contributed by atoms with Gasteiger partial charge in [0.15, 0.2) is 0 Å². The molecule has 0 aliphatic heterocycles. The van der Waals surface area contributed by atoms with E-state index in [1.54, 1.807) is 6.07 Å². The van der Waals surface area contributed by atoms with Gasteiger partial charge in [0.1, 0.15) is 5.82 Å². The zero-order chi connectivity index (χ0) is 15.4. The molecule has 1 saturated carbocycles. The molecule has 5 heteroatoms. The predicted molar refractivity (Wildman–Crippen MR) is 80.9 cm³/mol. The van der Waals surface area contributed by atoms with Gasteiger partial charge in [-0.25, -0.2) is 4.39 Å². The van der Waals surface area contributed by atoms with Crippen LogP contribution in [0.2, 0.25) is 5.02 Å². The van der Waals surface area contributed by atoms with E-state index in [2.05, 4.69) is 5.32 Å². The number of aliphatic carboxylic acids is 1. The Morgan fingerprint density at radius 3 is 2.86 bits per heavy atom. The van der Waals surface area contributed by atoms with Crippen LogP contribution >= 0.6 is 11.6 Å². The first-order valence-corrected chi connectivity index (χ1v) is 7.78. The Balaban J connectivity index is 1.96. The van der Waals surface area contributed by atoms with E-state index in [1.807, 2.05) is 6.92 Å². The molecule has 116 valence electrons. The fourth-order valence-electron chi connectivity index (χ4n) is 3.07. The molecule has 1 aromatic carbocycles. The van der Waals surface area contributed by atoms with Crippen molar-refractivity contribution >= 4 is 17.6 Å². The lowest BCUT2D eigenvalue weighted by Crippen LogP contribution is -2.35. The molecule has 3 atom stereocenters. The SMILES string of the molecule is CC(NCC1CCCCC1C(=O)O)c1ccc(F)cc1Cl. The van der Waals surface area contributed by atoms with Gasteiger partial charge in [-0.3, -0.25) is 4.79 Å². The molecule has 2 N–H and O–H groups in total. The summed E-state index contributed by atoms with van der Waals surface area (Å²) in [4.78, 5) is 11.3. The molecule has 0 bridgehead atoms. The van der Waals surface area contributed by atoms with E-state index in [-0.39, 0.29) is 23.7 Å². The average Bonchev–Trinajstić information content (AvgIpc) is 2.45. The van der Waals surface area contributed by atoms with E-state index in [0.717, 1.165) is 31.2 Å². The van der Waals surface area contributed by atoms with E-state index < -0.39 is 5.97 Å². The lowest BCUT2D eigenvalue weighted by atomic mass is 9.79. The Bertz CT molecular complexity index is 509. The van der Waals surface area contributed by atoms with Crippen LogP contribution in [0.15, 0.2) is 18.2 Å². The first-order valence-electron chi connectivity index (χ1n) is 7.40. The molecule has 0 saturated heterocycles. The predicted octanol–water partition coefficient (Wildman–Crippen LogP) is 4.02. The first-order chi connectivity index (χ1) is 9.99. The molecule has 1 aliphatic rings. The van der Waals surface area contributed by atoms with Crippen LogP contribution in [0.1, 0.15) is 44.2 Å². The van der Waals surface area contributed by atoms with Gasteiger partial charge in [0.2, 0.25) is 0 Å². The number of carboxylic acid groups (broad SMARTS) is 1. The van der Waals surface area contributed by atoms with Gasteiger partial charge in [-0.15, -0.1) is 0 Å². The van der Waals surface area contributed by atoms with Crippen LogP contribution in [0.3, 0.4) is 0 Å². The van der Waals surface area contributed by atoms with Gasteiger partial charge in [-0.1, -0.05) is 30.5 Å². The molecule has 21 heavy (non-hydrogen) atoms. The number of halogens is 2. The smallest absolute Gasteiger partial charge is 0.306 e. The highest BCUT2D eigenvalue weighted by molar-refractivity contribution is 6.31. The highest BCUT2D eigenvalue weighted by Crippen LogP contribution is 2.31. The molecule has 1 aromatic rings. The molecule has 0 amide bonds. The minimum Gasteiger partial charge on any atom is -0.481 e. The van der Waals surface area contributed by atoms with Gasteiger partial charge >= 0.3 is 5.97 Å². The minimum atomic E-state index is -0.700. The molecule has 1 aliphatic carbocycles. The Kier molecular flexibility index (Phi) is 5.59. The van der Waals surface area contributed by atoms with Crippen molar-refractivity contribution in [2.75, 3.05) is 6.54 Å².